The molecule has 15 heavy (non-hydrogen) atoms. The van der Waals surface area contributed by atoms with Gasteiger partial charge in [-0.1, -0.05) is 0 Å². The van der Waals surface area contributed by atoms with Crippen molar-refractivity contribution in [2.24, 2.45) is 0 Å². The van der Waals surface area contributed by atoms with E-state index in [2.05, 4.69) is 4.98 Å². The lowest BCUT2D eigenvalue weighted by molar-refractivity contribution is 0.415. The molecule has 1 aromatic heterocycles. The number of ether oxygens (including phenoxy) is 1. The highest BCUT2D eigenvalue weighted by molar-refractivity contribution is 7.91. The van der Waals surface area contributed by atoms with Gasteiger partial charge in [-0.05, 0) is 12.1 Å². The summed E-state index contributed by atoms with van der Waals surface area (Å²) in [6, 6.07) is 5.25. The predicted molar refractivity (Wildman–Crippen MR) is 58.0 cm³/mol. The second-order valence-electron chi connectivity index (χ2n) is 3.34. The van der Waals surface area contributed by atoms with Crippen LogP contribution < -0.4 is 4.74 Å². The number of hydrogen-bond donors (Lipinski definition) is 1. The third-order valence-corrected chi connectivity index (χ3v) is 3.39. The SMILES string of the molecule is COc1ccc2c(S(C)(=O)=O)c[nH]c2c1. The fourth-order valence-corrected chi connectivity index (χ4v) is 2.36. The molecule has 0 fully saturated rings. The monoisotopic (exact) mass is 225 g/mol. The van der Waals surface area contributed by atoms with Crippen LogP contribution >= 0.6 is 0 Å². The quantitative estimate of drug-likeness (QED) is 0.844. The van der Waals surface area contributed by atoms with E-state index >= 15 is 0 Å². The van der Waals surface area contributed by atoms with Crippen LogP contribution in [0.5, 0.6) is 5.75 Å². The van der Waals surface area contributed by atoms with E-state index in [-0.39, 0.29) is 0 Å². The molecule has 80 valence electrons. The largest absolute Gasteiger partial charge is 0.497 e. The summed E-state index contributed by atoms with van der Waals surface area (Å²) in [5.41, 5.74) is 0.759. The van der Waals surface area contributed by atoms with Crippen LogP contribution in [0, 0.1) is 0 Å². The number of benzene rings is 1. The molecule has 0 bridgehead atoms. The minimum absolute atomic E-state index is 0.320. The lowest BCUT2D eigenvalue weighted by Gasteiger charge is -1.99. The lowest BCUT2D eigenvalue weighted by Crippen LogP contribution is -1.94. The van der Waals surface area contributed by atoms with E-state index in [1.165, 1.54) is 12.5 Å². The van der Waals surface area contributed by atoms with Crippen molar-refractivity contribution in [3.63, 3.8) is 0 Å². The van der Waals surface area contributed by atoms with Crippen LogP contribution in [0.15, 0.2) is 29.3 Å². The number of fused-ring (bicyclic) bond motifs is 1. The second-order valence-corrected chi connectivity index (χ2v) is 5.32. The van der Waals surface area contributed by atoms with Crippen LogP contribution in [0.4, 0.5) is 0 Å². The Kier molecular flexibility index (Phi) is 2.19. The summed E-state index contributed by atoms with van der Waals surface area (Å²) in [6.45, 7) is 0. The number of aromatic nitrogens is 1. The number of H-pyrrole nitrogens is 1. The molecule has 0 aliphatic heterocycles. The second kappa shape index (κ2) is 3.27. The highest BCUT2D eigenvalue weighted by Crippen LogP contribution is 2.25. The van der Waals surface area contributed by atoms with Gasteiger partial charge in [-0.25, -0.2) is 8.42 Å². The number of sulfone groups is 1. The molecule has 0 aliphatic rings. The Bertz CT molecular complexity index is 598. The maximum Gasteiger partial charge on any atom is 0.177 e. The van der Waals surface area contributed by atoms with E-state index in [0.717, 1.165) is 5.52 Å². The summed E-state index contributed by atoms with van der Waals surface area (Å²) in [4.78, 5) is 3.23. The molecule has 2 rings (SSSR count). The molecular weight excluding hydrogens is 214 g/mol. The fraction of sp³-hybridized carbons (Fsp3) is 0.200. The Morgan fingerprint density at radius 3 is 2.67 bits per heavy atom. The van der Waals surface area contributed by atoms with E-state index in [9.17, 15) is 8.42 Å². The van der Waals surface area contributed by atoms with Crippen LogP contribution in [0.3, 0.4) is 0 Å². The van der Waals surface area contributed by atoms with Crippen molar-refractivity contribution in [2.45, 2.75) is 4.90 Å². The Hall–Kier alpha value is -1.49. The third kappa shape index (κ3) is 1.70. The molecule has 0 aliphatic carbocycles. The van der Waals surface area contributed by atoms with Gasteiger partial charge in [0.15, 0.2) is 9.84 Å². The first-order chi connectivity index (χ1) is 7.02. The number of nitrogens with one attached hydrogen (secondary N) is 1. The first-order valence-electron chi connectivity index (χ1n) is 4.37. The molecule has 0 atom stereocenters. The van der Waals surface area contributed by atoms with Crippen molar-refractivity contribution in [2.75, 3.05) is 13.4 Å². The Labute approximate surface area is 87.8 Å². The average Bonchev–Trinajstić information content (AvgIpc) is 2.59. The van der Waals surface area contributed by atoms with Crippen LogP contribution in [-0.2, 0) is 9.84 Å². The van der Waals surface area contributed by atoms with Gasteiger partial charge < -0.3 is 9.72 Å². The molecule has 0 amide bonds. The van der Waals surface area contributed by atoms with E-state index in [0.29, 0.717) is 16.0 Å². The highest BCUT2D eigenvalue weighted by atomic mass is 32.2. The smallest absolute Gasteiger partial charge is 0.177 e. The summed E-state index contributed by atoms with van der Waals surface area (Å²) in [7, 11) is -1.61. The number of aromatic amines is 1. The molecule has 4 nitrogen and oxygen atoms in total. The molecular formula is C10H11NO3S. The summed E-state index contributed by atoms with van der Waals surface area (Å²) in [5, 5.41) is 0.693. The summed E-state index contributed by atoms with van der Waals surface area (Å²) in [6.07, 6.45) is 2.69. The first kappa shape index (κ1) is 10.0. The van der Waals surface area contributed by atoms with Crippen molar-refractivity contribution in [3.8, 4) is 5.75 Å². The van der Waals surface area contributed by atoms with Crippen molar-refractivity contribution in [3.05, 3.63) is 24.4 Å². The minimum atomic E-state index is -3.18. The van der Waals surface area contributed by atoms with Crippen LogP contribution in [0.25, 0.3) is 10.9 Å². The first-order valence-corrected chi connectivity index (χ1v) is 6.26. The number of hydrogen-bond acceptors (Lipinski definition) is 3. The molecule has 1 N–H and O–H groups in total. The topological polar surface area (TPSA) is 59.2 Å². The highest BCUT2D eigenvalue weighted by Gasteiger charge is 2.13. The van der Waals surface area contributed by atoms with Gasteiger partial charge in [-0.3, -0.25) is 0 Å². The van der Waals surface area contributed by atoms with Gasteiger partial charge >= 0.3 is 0 Å². The Morgan fingerprint density at radius 1 is 1.33 bits per heavy atom. The lowest BCUT2D eigenvalue weighted by atomic mass is 10.2. The van der Waals surface area contributed by atoms with Gasteiger partial charge in [0.2, 0.25) is 0 Å². The van der Waals surface area contributed by atoms with Gasteiger partial charge in [-0.15, -0.1) is 0 Å². The molecule has 1 heterocycles. The molecule has 0 saturated carbocycles. The van der Waals surface area contributed by atoms with Crippen molar-refractivity contribution < 1.29 is 13.2 Å². The van der Waals surface area contributed by atoms with Crippen LogP contribution in [-0.4, -0.2) is 26.8 Å². The third-order valence-electron chi connectivity index (χ3n) is 2.25. The molecule has 1 aromatic carbocycles. The fourth-order valence-electron chi connectivity index (χ4n) is 1.51. The molecule has 5 heteroatoms. The molecule has 0 saturated heterocycles. The van der Waals surface area contributed by atoms with E-state index in [1.54, 1.807) is 25.3 Å². The molecule has 0 spiro atoms. The summed E-state index contributed by atoms with van der Waals surface area (Å²) in [5.74, 6) is 0.699. The van der Waals surface area contributed by atoms with E-state index < -0.39 is 9.84 Å². The van der Waals surface area contributed by atoms with Gasteiger partial charge in [0.25, 0.3) is 0 Å². The van der Waals surface area contributed by atoms with Gasteiger partial charge in [0.05, 0.1) is 17.5 Å². The van der Waals surface area contributed by atoms with Crippen molar-refractivity contribution in [1.29, 1.82) is 0 Å². The van der Waals surface area contributed by atoms with Crippen molar-refractivity contribution >= 4 is 20.7 Å². The number of methoxy groups -OCH3 is 1. The zero-order chi connectivity index (χ0) is 11.1. The van der Waals surface area contributed by atoms with Gasteiger partial charge in [-0.2, -0.15) is 0 Å². The predicted octanol–water partition coefficient (Wildman–Crippen LogP) is 1.58. The van der Waals surface area contributed by atoms with Crippen LogP contribution in [0.1, 0.15) is 0 Å². The zero-order valence-electron chi connectivity index (χ0n) is 8.44. The maximum absolute atomic E-state index is 11.4. The average molecular weight is 225 g/mol. The van der Waals surface area contributed by atoms with Gasteiger partial charge in [0.1, 0.15) is 5.75 Å². The van der Waals surface area contributed by atoms with Crippen LogP contribution in [0.2, 0.25) is 0 Å². The Morgan fingerprint density at radius 2 is 2.07 bits per heavy atom. The minimum Gasteiger partial charge on any atom is -0.497 e. The van der Waals surface area contributed by atoms with E-state index in [1.807, 2.05) is 0 Å². The maximum atomic E-state index is 11.4. The van der Waals surface area contributed by atoms with Crippen molar-refractivity contribution in [1.82, 2.24) is 4.98 Å². The van der Waals surface area contributed by atoms with Gasteiger partial charge in [0, 0.05) is 23.9 Å². The summed E-state index contributed by atoms with van der Waals surface area (Å²) >= 11 is 0. The summed E-state index contributed by atoms with van der Waals surface area (Å²) < 4.78 is 27.9. The normalized spacial score (nSPS) is 11.9. The Balaban J connectivity index is 2.73. The molecule has 0 radical (unpaired) electrons. The molecule has 0 unspecified atom stereocenters. The van der Waals surface area contributed by atoms with E-state index in [4.69, 9.17) is 4.74 Å². The zero-order valence-corrected chi connectivity index (χ0v) is 9.26. The number of rotatable bonds is 2. The standard InChI is InChI=1S/C10H11NO3S/c1-14-7-3-4-8-9(5-7)11-6-10(8)15(2,12)13/h3-6,11H,1-2H3. The molecule has 2 aromatic rings.